The number of nitrogens with zero attached hydrogens (tertiary/aromatic N) is 2. The molecule has 1 N–H and O–H groups in total. The molecular formula is C31H50N2O7S. The number of ketones is 1. The number of ether oxygens (including phenoxy) is 1. The Morgan fingerprint density at radius 1 is 1.20 bits per heavy atom. The third-order valence-corrected chi connectivity index (χ3v) is 12.0. The maximum Gasteiger partial charge on any atom is 0.338 e. The van der Waals surface area contributed by atoms with Gasteiger partial charge in [0.2, 0.25) is 10.0 Å². The minimum absolute atomic E-state index is 0.00269. The van der Waals surface area contributed by atoms with Crippen LogP contribution in [0.5, 0.6) is 0 Å². The summed E-state index contributed by atoms with van der Waals surface area (Å²) in [4.78, 5) is 40.9. The molecule has 3 rings (SSSR count). The number of hydrogen-bond acceptors (Lipinski definition) is 7. The van der Waals surface area contributed by atoms with Crippen molar-refractivity contribution in [3.8, 4) is 0 Å². The van der Waals surface area contributed by atoms with Gasteiger partial charge < -0.3 is 9.84 Å². The van der Waals surface area contributed by atoms with E-state index in [2.05, 4.69) is 13.5 Å². The third kappa shape index (κ3) is 6.58. The standard InChI is InChI=1S/C31H50N2O7S/c1-7-9-10-11-12-13-14-15-25(34)19-24(8-2)32-20-26(28(36)40-6)22(3)33(29(32)37)41(38,39)21-31-17-16-23(18-27(31)35)30(31,4)5/h8,20,22-25,34H,2,7,9-19,21H2,1,3-6H3/t22-,23?,24+,25+,31-/m1/s1. The Balaban J connectivity index is 1.81. The second kappa shape index (κ2) is 13.4. The molecule has 2 amide bonds. The van der Waals surface area contributed by atoms with Crippen LogP contribution in [0.25, 0.3) is 0 Å². The Bertz CT molecular complexity index is 1130. The first kappa shape index (κ1) is 33.3. The number of hydrogen-bond donors (Lipinski definition) is 1. The predicted molar refractivity (Wildman–Crippen MR) is 158 cm³/mol. The van der Waals surface area contributed by atoms with E-state index in [9.17, 15) is 27.9 Å². The van der Waals surface area contributed by atoms with Crippen LogP contribution in [0.3, 0.4) is 0 Å². The van der Waals surface area contributed by atoms with E-state index in [1.54, 1.807) is 0 Å². The Labute approximate surface area is 246 Å². The molecule has 3 aliphatic rings. The molecule has 0 aromatic heterocycles. The minimum atomic E-state index is -4.34. The molecule has 0 saturated heterocycles. The maximum absolute atomic E-state index is 14.1. The molecule has 0 spiro atoms. The van der Waals surface area contributed by atoms with Gasteiger partial charge in [-0.05, 0) is 43.9 Å². The number of sulfonamides is 1. The van der Waals surface area contributed by atoms with Gasteiger partial charge in [-0.1, -0.05) is 71.8 Å². The molecular weight excluding hydrogens is 544 g/mol. The van der Waals surface area contributed by atoms with Crippen LogP contribution in [0, 0.1) is 16.7 Å². The summed E-state index contributed by atoms with van der Waals surface area (Å²) in [5, 5.41) is 10.8. The van der Waals surface area contributed by atoms with Gasteiger partial charge in [-0.15, -0.1) is 6.58 Å². The third-order valence-electron chi connectivity index (χ3n) is 10.1. The van der Waals surface area contributed by atoms with Crippen molar-refractivity contribution < 1.29 is 32.6 Å². The average molecular weight is 595 g/mol. The number of fused-ring (bicyclic) bond motifs is 2. The molecule has 1 aliphatic heterocycles. The van der Waals surface area contributed by atoms with E-state index >= 15 is 0 Å². The van der Waals surface area contributed by atoms with E-state index in [1.165, 1.54) is 56.9 Å². The lowest BCUT2D eigenvalue weighted by Gasteiger charge is -2.43. The van der Waals surface area contributed by atoms with E-state index < -0.39 is 56.8 Å². The summed E-state index contributed by atoms with van der Waals surface area (Å²) in [5.41, 5.74) is -1.58. The highest BCUT2D eigenvalue weighted by molar-refractivity contribution is 7.89. The van der Waals surface area contributed by atoms with Crippen LogP contribution in [0.1, 0.15) is 105 Å². The van der Waals surface area contributed by atoms with Gasteiger partial charge in [0, 0.05) is 12.6 Å². The van der Waals surface area contributed by atoms with Gasteiger partial charge >= 0.3 is 12.0 Å². The number of aliphatic hydroxyl groups excluding tert-OH is 1. The second-order valence-corrected chi connectivity index (χ2v) is 14.6. The predicted octanol–water partition coefficient (Wildman–Crippen LogP) is 5.34. The zero-order valence-corrected chi connectivity index (χ0v) is 26.4. The van der Waals surface area contributed by atoms with Gasteiger partial charge in [-0.25, -0.2) is 22.3 Å². The molecule has 41 heavy (non-hydrogen) atoms. The van der Waals surface area contributed by atoms with Gasteiger partial charge in [-0.3, -0.25) is 9.69 Å². The van der Waals surface area contributed by atoms with Crippen LogP contribution in [0.4, 0.5) is 4.79 Å². The molecule has 0 radical (unpaired) electrons. The average Bonchev–Trinajstić information content (AvgIpc) is 3.25. The molecule has 2 bridgehead atoms. The first-order valence-corrected chi connectivity index (χ1v) is 16.9. The Morgan fingerprint density at radius 3 is 2.37 bits per heavy atom. The molecule has 2 saturated carbocycles. The summed E-state index contributed by atoms with van der Waals surface area (Å²) in [6.07, 6.45) is 12.1. The Morgan fingerprint density at radius 2 is 1.83 bits per heavy atom. The van der Waals surface area contributed by atoms with Crippen molar-refractivity contribution >= 4 is 27.8 Å². The van der Waals surface area contributed by atoms with Gasteiger partial charge in [0.15, 0.2) is 0 Å². The number of esters is 1. The van der Waals surface area contributed by atoms with Crippen molar-refractivity contribution in [1.82, 2.24) is 9.21 Å². The molecule has 1 unspecified atom stereocenters. The molecule has 2 aliphatic carbocycles. The van der Waals surface area contributed by atoms with Crippen molar-refractivity contribution in [2.24, 2.45) is 16.7 Å². The van der Waals surface area contributed by atoms with Crippen LogP contribution in [0.15, 0.2) is 24.4 Å². The molecule has 2 fully saturated rings. The SMILES string of the molecule is C=C[C@@H](C[C@@H](O)CCCCCCCCC)N1C=C(C(=O)OC)[C@@H](C)N(S(=O)(=O)C[C@]23CCC(CC2=O)C3(C)C)C1=O. The minimum Gasteiger partial charge on any atom is -0.466 e. The zero-order valence-electron chi connectivity index (χ0n) is 25.6. The number of Topliss-reactive ketones (excluding diaryl/α,β-unsaturated/α-hetero) is 1. The van der Waals surface area contributed by atoms with Gasteiger partial charge in [0.25, 0.3) is 0 Å². The van der Waals surface area contributed by atoms with Crippen LogP contribution < -0.4 is 0 Å². The Kier molecular flexibility index (Phi) is 10.9. The largest absolute Gasteiger partial charge is 0.466 e. The fourth-order valence-corrected chi connectivity index (χ4v) is 9.57. The smallest absolute Gasteiger partial charge is 0.338 e. The summed E-state index contributed by atoms with van der Waals surface area (Å²) < 4.78 is 33.8. The number of methoxy groups -OCH3 is 1. The molecule has 1 heterocycles. The van der Waals surface area contributed by atoms with Crippen molar-refractivity contribution in [1.29, 1.82) is 0 Å². The van der Waals surface area contributed by atoms with E-state index in [0.717, 1.165) is 30.0 Å². The number of carbonyl (C=O) groups is 3. The summed E-state index contributed by atoms with van der Waals surface area (Å²) in [7, 11) is -3.14. The topological polar surface area (TPSA) is 121 Å². The number of aliphatic hydroxyl groups is 1. The van der Waals surface area contributed by atoms with Crippen LogP contribution >= 0.6 is 0 Å². The highest BCUT2D eigenvalue weighted by Crippen LogP contribution is 2.64. The summed E-state index contributed by atoms with van der Waals surface area (Å²) in [6.45, 7) is 11.4. The van der Waals surface area contributed by atoms with E-state index in [1.807, 2.05) is 13.8 Å². The van der Waals surface area contributed by atoms with E-state index in [0.29, 0.717) is 19.3 Å². The molecule has 10 heteroatoms. The van der Waals surface area contributed by atoms with Crippen molar-refractivity contribution in [3.63, 3.8) is 0 Å². The van der Waals surface area contributed by atoms with Crippen LogP contribution in [-0.4, -0.2) is 71.6 Å². The lowest BCUT2D eigenvalue weighted by atomic mass is 9.70. The lowest BCUT2D eigenvalue weighted by molar-refractivity contribution is -0.136. The first-order chi connectivity index (χ1) is 19.3. The van der Waals surface area contributed by atoms with Gasteiger partial charge in [0.1, 0.15) is 5.78 Å². The van der Waals surface area contributed by atoms with Gasteiger partial charge in [0.05, 0.1) is 42.0 Å². The highest BCUT2D eigenvalue weighted by atomic mass is 32.2. The second-order valence-electron chi connectivity index (χ2n) is 12.8. The molecule has 0 aromatic carbocycles. The quantitative estimate of drug-likeness (QED) is 0.145. The zero-order chi connectivity index (χ0) is 30.6. The monoisotopic (exact) mass is 594 g/mol. The van der Waals surface area contributed by atoms with Crippen molar-refractivity contribution in [3.05, 3.63) is 24.4 Å². The molecule has 5 atom stereocenters. The number of amides is 2. The lowest BCUT2D eigenvalue weighted by Crippen LogP contribution is -2.58. The number of urea groups is 1. The fraction of sp³-hybridized carbons (Fsp3) is 0.774. The normalized spacial score (nSPS) is 27.1. The van der Waals surface area contributed by atoms with Crippen molar-refractivity contribution in [2.75, 3.05) is 12.9 Å². The molecule has 232 valence electrons. The summed E-state index contributed by atoms with van der Waals surface area (Å²) >= 11 is 0. The summed E-state index contributed by atoms with van der Waals surface area (Å²) in [6, 6.07) is -2.69. The highest BCUT2D eigenvalue weighted by Gasteiger charge is 2.66. The number of unbranched alkanes of at least 4 members (excludes halogenated alkanes) is 6. The Hall–Kier alpha value is -2.20. The summed E-state index contributed by atoms with van der Waals surface area (Å²) in [5.74, 6) is -1.19. The fourth-order valence-electron chi connectivity index (χ4n) is 7.20. The van der Waals surface area contributed by atoms with E-state index in [4.69, 9.17) is 4.74 Å². The van der Waals surface area contributed by atoms with Crippen LogP contribution in [0.2, 0.25) is 0 Å². The van der Waals surface area contributed by atoms with Crippen LogP contribution in [-0.2, 0) is 24.3 Å². The van der Waals surface area contributed by atoms with Gasteiger partial charge in [-0.2, -0.15) is 0 Å². The van der Waals surface area contributed by atoms with E-state index in [-0.39, 0.29) is 23.7 Å². The molecule has 9 nitrogen and oxygen atoms in total. The first-order valence-electron chi connectivity index (χ1n) is 15.3. The number of rotatable bonds is 16. The maximum atomic E-state index is 14.1. The molecule has 0 aromatic rings. The number of carbonyl (C=O) groups excluding carboxylic acids is 3. The van der Waals surface area contributed by atoms with Crippen molar-refractivity contribution in [2.45, 2.75) is 123 Å².